The molecule has 17 heavy (non-hydrogen) atoms. The van der Waals surface area contributed by atoms with Gasteiger partial charge in [0, 0.05) is 19.3 Å². The monoisotopic (exact) mass is 296 g/mol. The van der Waals surface area contributed by atoms with Crippen LogP contribution >= 0.6 is 17.3 Å². The molecule has 4 nitrogen and oxygen atoms in total. The van der Waals surface area contributed by atoms with Gasteiger partial charge in [-0.25, -0.2) is 4.08 Å². The van der Waals surface area contributed by atoms with Gasteiger partial charge in [-0.15, -0.1) is 0 Å². The first-order chi connectivity index (χ1) is 7.41. The highest BCUT2D eigenvalue weighted by Gasteiger charge is 2.43. The predicted molar refractivity (Wildman–Crippen MR) is 77.9 cm³/mol. The second-order valence-corrected chi connectivity index (χ2v) is 9.55. The molecular weight excluding hydrogens is 274 g/mol. The van der Waals surface area contributed by atoms with E-state index in [1.165, 1.54) is 4.08 Å². The highest BCUT2D eigenvalue weighted by Crippen LogP contribution is 2.48. The van der Waals surface area contributed by atoms with E-state index in [1.54, 1.807) is 0 Å². The highest BCUT2D eigenvalue weighted by molar-refractivity contribution is 8.08. The average Bonchev–Trinajstić information content (AvgIpc) is 2.34. The molecule has 1 heterocycles. The van der Waals surface area contributed by atoms with Crippen LogP contribution in [0, 0.1) is 10.8 Å². The zero-order valence-electron chi connectivity index (χ0n) is 11.2. The lowest BCUT2D eigenvalue weighted by Crippen LogP contribution is -2.28. The maximum Gasteiger partial charge on any atom is 0.326 e. The third kappa shape index (κ3) is 2.94. The number of hydrogen-bond acceptors (Lipinski definition) is 2. The van der Waals surface area contributed by atoms with E-state index in [0.29, 0.717) is 0 Å². The summed E-state index contributed by atoms with van der Waals surface area (Å²) in [4.78, 5) is 0. The molecular formula is C10H22N2O2P2S. The molecule has 0 spiro atoms. The molecule has 0 bridgehead atoms. The lowest BCUT2D eigenvalue weighted by atomic mass is 9.83. The molecule has 1 aliphatic rings. The maximum absolute atomic E-state index is 12.1. The normalized spacial score (nSPS) is 21.5. The van der Waals surface area contributed by atoms with Crippen LogP contribution in [0.3, 0.4) is 0 Å². The van der Waals surface area contributed by atoms with Gasteiger partial charge in [0.15, 0.2) is 0 Å². The Kier molecular flexibility index (Phi) is 3.90. The lowest BCUT2D eigenvalue weighted by Gasteiger charge is -2.30. The van der Waals surface area contributed by atoms with Crippen molar-refractivity contribution in [3.8, 4) is 0 Å². The molecule has 0 saturated carbocycles. The summed E-state index contributed by atoms with van der Waals surface area (Å²) in [5.74, 6) is 0. The van der Waals surface area contributed by atoms with Gasteiger partial charge in [-0.3, -0.25) is 4.72 Å². The number of rotatable bonds is 1. The lowest BCUT2D eigenvalue weighted by molar-refractivity contribution is 0.410. The van der Waals surface area contributed by atoms with Crippen molar-refractivity contribution in [2.24, 2.45) is 10.8 Å². The summed E-state index contributed by atoms with van der Waals surface area (Å²) in [5, 5.41) is 0. The van der Waals surface area contributed by atoms with Crippen LogP contribution in [0.2, 0.25) is 0 Å². The first-order valence-corrected chi connectivity index (χ1v) is 9.65. The predicted octanol–water partition coefficient (Wildman–Crippen LogP) is 2.82. The van der Waals surface area contributed by atoms with Crippen LogP contribution < -0.4 is 4.72 Å². The van der Waals surface area contributed by atoms with Crippen molar-refractivity contribution in [3.63, 3.8) is 0 Å². The zero-order chi connectivity index (χ0) is 13.6. The van der Waals surface area contributed by atoms with Crippen LogP contribution in [0.1, 0.15) is 41.5 Å². The van der Waals surface area contributed by atoms with Crippen LogP contribution in [-0.2, 0) is 10.2 Å². The largest absolute Gasteiger partial charge is 0.326 e. The molecule has 0 amide bonds. The molecule has 1 rings (SSSR count). The van der Waals surface area contributed by atoms with Gasteiger partial charge in [0.05, 0.1) is 11.4 Å². The van der Waals surface area contributed by atoms with E-state index in [2.05, 4.69) is 13.7 Å². The van der Waals surface area contributed by atoms with Gasteiger partial charge in [-0.05, 0) is 0 Å². The Morgan fingerprint density at radius 1 is 1.12 bits per heavy atom. The molecule has 0 radical (unpaired) electrons. The fourth-order valence-electron chi connectivity index (χ4n) is 1.77. The SMILES string of the molecule is CC(C)(C)C1=C(C(C)(C)C)N(PP)S(=O)(=O)N1. The molecule has 1 aliphatic heterocycles. The van der Waals surface area contributed by atoms with Crippen LogP contribution in [-0.4, -0.2) is 12.5 Å². The quantitative estimate of drug-likeness (QED) is 0.756. The first kappa shape index (κ1) is 15.2. The van der Waals surface area contributed by atoms with Gasteiger partial charge in [0.2, 0.25) is 0 Å². The molecule has 2 atom stereocenters. The summed E-state index contributed by atoms with van der Waals surface area (Å²) in [5.41, 5.74) is 1.26. The van der Waals surface area contributed by atoms with Crippen LogP contribution in [0.25, 0.3) is 0 Å². The first-order valence-electron chi connectivity index (χ1n) is 5.46. The Morgan fingerprint density at radius 3 is 1.88 bits per heavy atom. The van der Waals surface area contributed by atoms with E-state index in [0.717, 1.165) is 11.4 Å². The van der Waals surface area contributed by atoms with E-state index in [4.69, 9.17) is 0 Å². The molecule has 2 unspecified atom stereocenters. The van der Waals surface area contributed by atoms with Gasteiger partial charge in [-0.2, -0.15) is 8.42 Å². The van der Waals surface area contributed by atoms with Gasteiger partial charge < -0.3 is 0 Å². The van der Waals surface area contributed by atoms with Crippen molar-refractivity contribution in [2.75, 3.05) is 0 Å². The topological polar surface area (TPSA) is 49.4 Å². The second kappa shape index (κ2) is 4.36. The standard InChI is InChI=1S/C10H22N2O2P2S/c1-9(2,3)7-8(10(4,5)6)12(16-15)17(13,14)11-7/h11,16H,15H2,1-6H3. The molecule has 0 aromatic carbocycles. The third-order valence-electron chi connectivity index (χ3n) is 2.49. The Labute approximate surface area is 109 Å². The minimum absolute atomic E-state index is 0.123. The third-order valence-corrected chi connectivity index (χ3v) is 6.45. The van der Waals surface area contributed by atoms with Crippen LogP contribution in [0.15, 0.2) is 11.4 Å². The zero-order valence-corrected chi connectivity index (χ0v) is 14.2. The van der Waals surface area contributed by atoms with Crippen molar-refractivity contribution in [2.45, 2.75) is 41.5 Å². The Balaban J connectivity index is 3.48. The van der Waals surface area contributed by atoms with Gasteiger partial charge in [0.25, 0.3) is 0 Å². The summed E-state index contributed by atoms with van der Waals surface area (Å²) >= 11 is 0. The van der Waals surface area contributed by atoms with Gasteiger partial charge >= 0.3 is 10.2 Å². The molecule has 100 valence electrons. The Morgan fingerprint density at radius 2 is 1.59 bits per heavy atom. The number of nitrogens with zero attached hydrogens (tertiary/aromatic N) is 1. The van der Waals surface area contributed by atoms with Gasteiger partial charge in [0.1, 0.15) is 0 Å². The van der Waals surface area contributed by atoms with Gasteiger partial charge in [-0.1, -0.05) is 50.5 Å². The number of allylic oxidation sites excluding steroid dienone is 2. The van der Waals surface area contributed by atoms with E-state index in [-0.39, 0.29) is 19.3 Å². The molecule has 7 heteroatoms. The van der Waals surface area contributed by atoms with Crippen LogP contribution in [0.5, 0.6) is 0 Å². The van der Waals surface area contributed by atoms with Crippen molar-refractivity contribution >= 4 is 27.6 Å². The summed E-state index contributed by atoms with van der Waals surface area (Å²) in [6, 6.07) is 0. The van der Waals surface area contributed by atoms with E-state index in [1.807, 2.05) is 41.5 Å². The molecule has 1 N–H and O–H groups in total. The summed E-state index contributed by atoms with van der Waals surface area (Å²) in [6.45, 7) is 12.2. The smallest absolute Gasteiger partial charge is 0.268 e. The molecule has 0 fully saturated rings. The van der Waals surface area contributed by atoms with Crippen molar-refractivity contribution in [1.82, 2.24) is 8.80 Å². The molecule has 0 aliphatic carbocycles. The molecule has 0 aromatic rings. The maximum atomic E-state index is 12.1. The van der Waals surface area contributed by atoms with Crippen molar-refractivity contribution < 1.29 is 8.42 Å². The highest BCUT2D eigenvalue weighted by atomic mass is 32.2. The minimum atomic E-state index is -3.40. The van der Waals surface area contributed by atoms with E-state index >= 15 is 0 Å². The van der Waals surface area contributed by atoms with E-state index < -0.39 is 10.2 Å². The van der Waals surface area contributed by atoms with E-state index in [9.17, 15) is 8.42 Å². The number of nitrogens with one attached hydrogen (secondary N) is 1. The Hall–Kier alpha value is 0.150. The Bertz CT molecular complexity index is 444. The van der Waals surface area contributed by atoms with Crippen molar-refractivity contribution in [1.29, 1.82) is 0 Å². The van der Waals surface area contributed by atoms with Crippen molar-refractivity contribution in [3.05, 3.63) is 11.4 Å². The fraction of sp³-hybridized carbons (Fsp3) is 0.800. The minimum Gasteiger partial charge on any atom is -0.268 e. The summed E-state index contributed by atoms with van der Waals surface area (Å²) in [6.07, 6.45) is 0. The molecule has 0 aromatic heterocycles. The average molecular weight is 296 g/mol. The summed E-state index contributed by atoms with van der Waals surface area (Å²) < 4.78 is 28.3. The fourth-order valence-corrected chi connectivity index (χ4v) is 6.03. The second-order valence-electron chi connectivity index (χ2n) is 6.22. The van der Waals surface area contributed by atoms with Crippen LogP contribution in [0.4, 0.5) is 0 Å². The summed E-state index contributed by atoms with van der Waals surface area (Å²) in [7, 11) is -0.773. The molecule has 0 saturated heterocycles. The number of hydrogen-bond donors (Lipinski definition) is 1.